The molecule has 0 amide bonds. The van der Waals surface area contributed by atoms with Crippen LogP contribution in [-0.4, -0.2) is 19.3 Å². The van der Waals surface area contributed by atoms with E-state index in [1.54, 1.807) is 6.20 Å². The zero-order valence-corrected chi connectivity index (χ0v) is 8.17. The molecule has 0 aromatic rings. The van der Waals surface area contributed by atoms with Crippen molar-refractivity contribution in [1.29, 1.82) is 0 Å². The molecule has 0 spiro atoms. The number of nitrogens with one attached hydrogen (secondary N) is 1. The molecule has 0 unspecified atom stereocenters. The molecule has 0 heterocycles. The second-order valence-electron chi connectivity index (χ2n) is 2.90. The summed E-state index contributed by atoms with van der Waals surface area (Å²) >= 11 is 0. The van der Waals surface area contributed by atoms with Crippen molar-refractivity contribution in [2.24, 2.45) is 4.99 Å². The summed E-state index contributed by atoms with van der Waals surface area (Å²) in [5, 5.41) is 3.32. The lowest BCUT2D eigenvalue weighted by molar-refractivity contribution is 0.625. The van der Waals surface area contributed by atoms with Crippen LogP contribution in [0.3, 0.4) is 0 Å². The Hall–Kier alpha value is -0.890. The third-order valence-electron chi connectivity index (χ3n) is 1.48. The molecule has 0 aliphatic rings. The lowest BCUT2D eigenvalue weighted by atomic mass is 10.2. The molecular weight excluding hydrogens is 148 g/mol. The van der Waals surface area contributed by atoms with E-state index in [1.807, 2.05) is 13.0 Å². The van der Waals surface area contributed by atoms with Crippen LogP contribution in [0.5, 0.6) is 0 Å². The van der Waals surface area contributed by atoms with E-state index in [4.69, 9.17) is 0 Å². The van der Waals surface area contributed by atoms with E-state index < -0.39 is 0 Å². The third-order valence-corrected chi connectivity index (χ3v) is 1.48. The molecule has 0 aromatic heterocycles. The number of hydrogen-bond donors (Lipinski definition) is 1. The normalized spacial score (nSPS) is 12.8. The zero-order chi connectivity index (χ0) is 9.40. The first-order chi connectivity index (χ1) is 5.70. The van der Waals surface area contributed by atoms with Crippen LogP contribution in [0, 0.1) is 0 Å². The van der Waals surface area contributed by atoms with Gasteiger partial charge < -0.3 is 5.32 Å². The van der Waals surface area contributed by atoms with Crippen LogP contribution in [0.2, 0.25) is 0 Å². The Balaban J connectivity index is 3.85. The van der Waals surface area contributed by atoms with Crippen molar-refractivity contribution >= 4 is 6.72 Å². The smallest absolute Gasteiger partial charge is 0.0263 e. The standard InChI is InChI=1S/C10H18N2/c1-5-10(6-7-11-4)8-12-9(2)3/h5-7,9,12H,4,8H2,1-3H3/b7-6-,10-5+. The first kappa shape index (κ1) is 11.1. The van der Waals surface area contributed by atoms with E-state index >= 15 is 0 Å². The SMILES string of the molecule is C=N/C=C\C(=C/C)CNC(C)C. The highest BCUT2D eigenvalue weighted by Crippen LogP contribution is 1.95. The molecule has 1 N–H and O–H groups in total. The maximum absolute atomic E-state index is 3.65. The van der Waals surface area contributed by atoms with Crippen LogP contribution in [0.1, 0.15) is 20.8 Å². The van der Waals surface area contributed by atoms with Gasteiger partial charge in [-0.3, -0.25) is 4.99 Å². The van der Waals surface area contributed by atoms with Gasteiger partial charge >= 0.3 is 0 Å². The van der Waals surface area contributed by atoms with E-state index in [0.29, 0.717) is 6.04 Å². The van der Waals surface area contributed by atoms with Crippen molar-refractivity contribution in [3.63, 3.8) is 0 Å². The van der Waals surface area contributed by atoms with Gasteiger partial charge in [-0.05, 0) is 25.3 Å². The van der Waals surface area contributed by atoms with Gasteiger partial charge in [0.05, 0.1) is 0 Å². The second-order valence-corrected chi connectivity index (χ2v) is 2.90. The highest BCUT2D eigenvalue weighted by molar-refractivity contribution is 5.28. The minimum absolute atomic E-state index is 0.519. The second kappa shape index (κ2) is 6.80. The van der Waals surface area contributed by atoms with Crippen molar-refractivity contribution in [2.75, 3.05) is 6.54 Å². The summed E-state index contributed by atoms with van der Waals surface area (Å²) in [7, 11) is 0. The van der Waals surface area contributed by atoms with Gasteiger partial charge in [0.25, 0.3) is 0 Å². The summed E-state index contributed by atoms with van der Waals surface area (Å²) < 4.78 is 0. The summed E-state index contributed by atoms with van der Waals surface area (Å²) in [6.45, 7) is 10.5. The first-order valence-corrected chi connectivity index (χ1v) is 4.21. The molecule has 0 saturated carbocycles. The number of allylic oxidation sites excluding steroid dienone is 1. The van der Waals surface area contributed by atoms with Crippen LogP contribution in [0.4, 0.5) is 0 Å². The van der Waals surface area contributed by atoms with Gasteiger partial charge in [-0.1, -0.05) is 19.9 Å². The average Bonchev–Trinajstić information content (AvgIpc) is 2.05. The maximum atomic E-state index is 3.65. The number of aliphatic imine (C=N–C) groups is 1. The maximum Gasteiger partial charge on any atom is 0.0263 e. The molecule has 0 radical (unpaired) electrons. The van der Waals surface area contributed by atoms with Crippen molar-refractivity contribution in [1.82, 2.24) is 5.32 Å². The Morgan fingerprint density at radius 2 is 2.25 bits per heavy atom. The Bertz CT molecular complexity index is 178. The Morgan fingerprint density at radius 3 is 2.67 bits per heavy atom. The fraction of sp³-hybridized carbons (Fsp3) is 0.500. The van der Waals surface area contributed by atoms with Gasteiger partial charge in [-0.25, -0.2) is 0 Å². The summed E-state index contributed by atoms with van der Waals surface area (Å²) in [5.41, 5.74) is 1.23. The van der Waals surface area contributed by atoms with Crippen LogP contribution >= 0.6 is 0 Å². The zero-order valence-electron chi connectivity index (χ0n) is 8.17. The molecule has 0 aromatic carbocycles. The lowest BCUT2D eigenvalue weighted by Crippen LogP contribution is -2.24. The molecule has 0 aliphatic heterocycles. The Kier molecular flexibility index (Phi) is 6.29. The first-order valence-electron chi connectivity index (χ1n) is 4.21. The molecule has 68 valence electrons. The predicted molar refractivity (Wildman–Crippen MR) is 55.6 cm³/mol. The van der Waals surface area contributed by atoms with Crippen molar-refractivity contribution in [3.05, 3.63) is 23.9 Å². The van der Waals surface area contributed by atoms with Crippen LogP contribution < -0.4 is 5.32 Å². The van der Waals surface area contributed by atoms with Gasteiger partial charge in [-0.2, -0.15) is 0 Å². The molecule has 0 rings (SSSR count). The minimum Gasteiger partial charge on any atom is -0.310 e. The van der Waals surface area contributed by atoms with E-state index in [0.717, 1.165) is 6.54 Å². The van der Waals surface area contributed by atoms with Gasteiger partial charge in [0.2, 0.25) is 0 Å². The summed E-state index contributed by atoms with van der Waals surface area (Å²) in [5.74, 6) is 0. The van der Waals surface area contributed by atoms with Crippen molar-refractivity contribution < 1.29 is 0 Å². The quantitative estimate of drug-likeness (QED) is 0.491. The predicted octanol–water partition coefficient (Wildman–Crippen LogP) is 2.14. The molecule has 0 atom stereocenters. The fourth-order valence-corrected chi connectivity index (χ4v) is 0.728. The van der Waals surface area contributed by atoms with Crippen LogP contribution in [0.15, 0.2) is 28.9 Å². The molecule has 0 fully saturated rings. The molecule has 0 bridgehead atoms. The lowest BCUT2D eigenvalue weighted by Gasteiger charge is -2.07. The third kappa shape index (κ3) is 5.86. The fourth-order valence-electron chi connectivity index (χ4n) is 0.728. The Labute approximate surface area is 75.1 Å². The largest absolute Gasteiger partial charge is 0.310 e. The highest BCUT2D eigenvalue weighted by Gasteiger charge is 1.92. The summed E-state index contributed by atoms with van der Waals surface area (Å²) in [4.78, 5) is 3.65. The van der Waals surface area contributed by atoms with Crippen LogP contribution in [0.25, 0.3) is 0 Å². The summed E-state index contributed by atoms with van der Waals surface area (Å²) in [6.07, 6.45) is 5.73. The topological polar surface area (TPSA) is 24.4 Å². The van der Waals surface area contributed by atoms with Gasteiger partial charge in [-0.15, -0.1) is 0 Å². The average molecular weight is 166 g/mol. The molecule has 0 saturated heterocycles. The van der Waals surface area contributed by atoms with E-state index in [2.05, 4.69) is 37.0 Å². The van der Waals surface area contributed by atoms with E-state index in [1.165, 1.54) is 5.57 Å². The van der Waals surface area contributed by atoms with E-state index in [9.17, 15) is 0 Å². The molecule has 2 nitrogen and oxygen atoms in total. The number of nitrogens with zero attached hydrogens (tertiary/aromatic N) is 1. The van der Waals surface area contributed by atoms with Crippen molar-refractivity contribution in [3.8, 4) is 0 Å². The Morgan fingerprint density at radius 1 is 1.58 bits per heavy atom. The monoisotopic (exact) mass is 166 g/mol. The van der Waals surface area contributed by atoms with Gasteiger partial charge in [0, 0.05) is 18.8 Å². The van der Waals surface area contributed by atoms with Gasteiger partial charge in [0.1, 0.15) is 0 Å². The molecule has 12 heavy (non-hydrogen) atoms. The number of hydrogen-bond acceptors (Lipinski definition) is 2. The number of rotatable bonds is 5. The molecule has 2 heteroatoms. The minimum atomic E-state index is 0.519. The van der Waals surface area contributed by atoms with Crippen molar-refractivity contribution in [2.45, 2.75) is 26.8 Å². The van der Waals surface area contributed by atoms with Gasteiger partial charge in [0.15, 0.2) is 0 Å². The van der Waals surface area contributed by atoms with Crippen LogP contribution in [-0.2, 0) is 0 Å². The highest BCUT2D eigenvalue weighted by atomic mass is 14.9. The molecule has 0 aliphatic carbocycles. The van der Waals surface area contributed by atoms with E-state index in [-0.39, 0.29) is 0 Å². The molecular formula is C10H18N2. The summed E-state index contributed by atoms with van der Waals surface area (Å²) in [6, 6.07) is 0.519.